The van der Waals surface area contributed by atoms with Gasteiger partial charge in [0.1, 0.15) is 12.4 Å². The van der Waals surface area contributed by atoms with Crippen LogP contribution in [0.15, 0.2) is 72.8 Å². The van der Waals surface area contributed by atoms with Crippen molar-refractivity contribution >= 4 is 18.1 Å². The first-order valence-electron chi connectivity index (χ1n) is 10.3. The molecule has 1 amide bonds. The van der Waals surface area contributed by atoms with Gasteiger partial charge in [-0.2, -0.15) is 0 Å². The summed E-state index contributed by atoms with van der Waals surface area (Å²) < 4.78 is 19.1. The first-order chi connectivity index (χ1) is 15.5. The molecule has 0 fully saturated rings. The van der Waals surface area contributed by atoms with Crippen LogP contribution in [0.4, 0.5) is 9.18 Å². The zero-order valence-corrected chi connectivity index (χ0v) is 17.3. The van der Waals surface area contributed by atoms with E-state index in [1.807, 2.05) is 24.3 Å². The van der Waals surface area contributed by atoms with Crippen molar-refractivity contribution in [3.8, 4) is 11.1 Å². The summed E-state index contributed by atoms with van der Waals surface area (Å²) >= 11 is 0. The highest BCUT2D eigenvalue weighted by Gasteiger charge is 2.28. The van der Waals surface area contributed by atoms with Crippen LogP contribution in [0.25, 0.3) is 17.2 Å². The number of amides is 1. The van der Waals surface area contributed by atoms with Crippen LogP contribution in [0, 0.1) is 5.82 Å². The zero-order valence-electron chi connectivity index (χ0n) is 17.3. The Morgan fingerprint density at radius 1 is 1.00 bits per heavy atom. The molecule has 0 aliphatic heterocycles. The van der Waals surface area contributed by atoms with Crippen molar-refractivity contribution < 1.29 is 23.8 Å². The Morgan fingerprint density at radius 3 is 2.31 bits per heavy atom. The summed E-state index contributed by atoms with van der Waals surface area (Å²) in [5.74, 6) is -1.65. The molecule has 0 saturated carbocycles. The van der Waals surface area contributed by atoms with Gasteiger partial charge in [0.2, 0.25) is 0 Å². The van der Waals surface area contributed by atoms with Gasteiger partial charge >= 0.3 is 12.1 Å². The molecule has 32 heavy (non-hydrogen) atoms. The lowest BCUT2D eigenvalue weighted by Gasteiger charge is -2.14. The second kappa shape index (κ2) is 9.47. The molecule has 0 spiro atoms. The fourth-order valence-electron chi connectivity index (χ4n) is 3.98. The SMILES string of the molecule is O=C(O)Cc1cc(C=CCNC(=O)OCC2c3ccccc3-c3ccccc32)ccc1F. The molecule has 5 nitrogen and oxygen atoms in total. The van der Waals surface area contributed by atoms with Crippen LogP contribution < -0.4 is 5.32 Å². The van der Waals surface area contributed by atoms with E-state index in [-0.39, 0.29) is 31.1 Å². The molecule has 0 heterocycles. The fraction of sp³-hybridized carbons (Fsp3) is 0.154. The van der Waals surface area contributed by atoms with E-state index < -0.39 is 17.9 Å². The van der Waals surface area contributed by atoms with Gasteiger partial charge in [-0.1, -0.05) is 66.7 Å². The van der Waals surface area contributed by atoms with E-state index in [4.69, 9.17) is 9.84 Å². The van der Waals surface area contributed by atoms with E-state index >= 15 is 0 Å². The number of nitrogens with one attached hydrogen (secondary N) is 1. The molecule has 1 aliphatic carbocycles. The lowest BCUT2D eigenvalue weighted by atomic mass is 9.98. The summed E-state index contributed by atoms with van der Waals surface area (Å²) in [5, 5.41) is 11.5. The lowest BCUT2D eigenvalue weighted by molar-refractivity contribution is -0.136. The molecule has 1 aliphatic rings. The Kier molecular flexibility index (Phi) is 6.31. The van der Waals surface area contributed by atoms with E-state index in [9.17, 15) is 14.0 Å². The number of halogens is 1. The van der Waals surface area contributed by atoms with Crippen molar-refractivity contribution in [2.45, 2.75) is 12.3 Å². The molecule has 0 radical (unpaired) electrons. The summed E-state index contributed by atoms with van der Waals surface area (Å²) in [5.41, 5.74) is 5.40. The van der Waals surface area contributed by atoms with E-state index in [0.717, 1.165) is 11.1 Å². The largest absolute Gasteiger partial charge is 0.481 e. The van der Waals surface area contributed by atoms with Crippen molar-refractivity contribution in [3.05, 3.63) is 101 Å². The van der Waals surface area contributed by atoms with Crippen molar-refractivity contribution in [1.82, 2.24) is 5.32 Å². The van der Waals surface area contributed by atoms with Gasteiger partial charge in [-0.05, 0) is 45.5 Å². The van der Waals surface area contributed by atoms with Crippen LogP contribution in [0.3, 0.4) is 0 Å². The zero-order chi connectivity index (χ0) is 22.5. The van der Waals surface area contributed by atoms with E-state index in [2.05, 4.69) is 29.6 Å². The maximum atomic E-state index is 13.7. The summed E-state index contributed by atoms with van der Waals surface area (Å²) in [6.45, 7) is 0.461. The van der Waals surface area contributed by atoms with Crippen LogP contribution in [-0.2, 0) is 16.0 Å². The average Bonchev–Trinajstić information content (AvgIpc) is 3.11. The Labute approximate surface area is 185 Å². The van der Waals surface area contributed by atoms with Crippen LogP contribution in [-0.4, -0.2) is 30.3 Å². The number of hydrogen-bond donors (Lipinski definition) is 2. The summed E-state index contributed by atoms with van der Waals surface area (Å²) in [6, 6.07) is 20.5. The number of carbonyl (C=O) groups excluding carboxylic acids is 1. The number of carboxylic acids is 1. The Balaban J connectivity index is 1.31. The van der Waals surface area contributed by atoms with Gasteiger partial charge in [-0.3, -0.25) is 4.79 Å². The van der Waals surface area contributed by atoms with Gasteiger partial charge in [-0.15, -0.1) is 0 Å². The number of fused-ring (bicyclic) bond motifs is 3. The predicted molar refractivity (Wildman–Crippen MR) is 120 cm³/mol. The number of hydrogen-bond acceptors (Lipinski definition) is 3. The Morgan fingerprint density at radius 2 is 1.66 bits per heavy atom. The summed E-state index contributed by atoms with van der Waals surface area (Å²) in [4.78, 5) is 23.0. The Bertz CT molecular complexity index is 1140. The number of rotatable bonds is 7. The first kappa shape index (κ1) is 21.3. The van der Waals surface area contributed by atoms with Gasteiger partial charge < -0.3 is 15.2 Å². The minimum absolute atomic E-state index is 0.00411. The average molecular weight is 431 g/mol. The molecule has 3 aromatic rings. The minimum Gasteiger partial charge on any atom is -0.481 e. The number of ether oxygens (including phenoxy) is 1. The molecule has 0 atom stereocenters. The predicted octanol–water partition coefficient (Wildman–Crippen LogP) is 5.00. The number of aliphatic carboxylic acids is 1. The normalized spacial score (nSPS) is 12.4. The first-order valence-corrected chi connectivity index (χ1v) is 10.3. The summed E-state index contributed by atoms with van der Waals surface area (Å²) in [6.07, 6.45) is 2.47. The van der Waals surface area contributed by atoms with E-state index in [0.29, 0.717) is 5.56 Å². The number of alkyl carbamates (subject to hydrolysis) is 1. The topological polar surface area (TPSA) is 75.6 Å². The van der Waals surface area contributed by atoms with Crippen LogP contribution >= 0.6 is 0 Å². The quantitative estimate of drug-likeness (QED) is 0.552. The highest BCUT2D eigenvalue weighted by molar-refractivity contribution is 5.79. The van der Waals surface area contributed by atoms with Gasteiger partial charge in [-0.25, -0.2) is 9.18 Å². The molecule has 162 valence electrons. The number of carboxylic acid groups (broad SMARTS) is 1. The molecule has 2 N–H and O–H groups in total. The third-order valence-electron chi connectivity index (χ3n) is 5.43. The lowest BCUT2D eigenvalue weighted by Crippen LogP contribution is -2.26. The smallest absolute Gasteiger partial charge is 0.407 e. The van der Waals surface area contributed by atoms with Gasteiger partial charge in [0.25, 0.3) is 0 Å². The second-order valence-electron chi connectivity index (χ2n) is 7.53. The molecule has 0 unspecified atom stereocenters. The minimum atomic E-state index is -1.10. The third kappa shape index (κ3) is 4.70. The summed E-state index contributed by atoms with van der Waals surface area (Å²) in [7, 11) is 0. The van der Waals surface area contributed by atoms with Gasteiger partial charge in [0, 0.05) is 12.5 Å². The molecule has 0 aromatic heterocycles. The maximum absolute atomic E-state index is 13.7. The molecule has 6 heteroatoms. The maximum Gasteiger partial charge on any atom is 0.407 e. The fourth-order valence-corrected chi connectivity index (χ4v) is 3.98. The molecular formula is C26H22FNO4. The standard InChI is InChI=1S/C26H22FNO4/c27-24-12-11-17(14-18(24)15-25(29)30)6-5-13-28-26(31)32-16-23-21-9-3-1-7-19(21)20-8-2-4-10-22(20)23/h1-12,14,23H,13,15-16H2,(H,28,31)(H,29,30). The number of benzene rings is 3. The van der Waals surface area contributed by atoms with Crippen LogP contribution in [0.5, 0.6) is 0 Å². The molecule has 3 aromatic carbocycles. The molecule has 0 bridgehead atoms. The van der Waals surface area contributed by atoms with Crippen molar-refractivity contribution in [2.24, 2.45) is 0 Å². The van der Waals surface area contributed by atoms with E-state index in [1.54, 1.807) is 18.2 Å². The van der Waals surface area contributed by atoms with Crippen molar-refractivity contribution in [1.29, 1.82) is 0 Å². The van der Waals surface area contributed by atoms with Gasteiger partial charge in [0.15, 0.2) is 0 Å². The van der Waals surface area contributed by atoms with Crippen molar-refractivity contribution in [2.75, 3.05) is 13.2 Å². The van der Waals surface area contributed by atoms with E-state index in [1.165, 1.54) is 23.3 Å². The van der Waals surface area contributed by atoms with Crippen LogP contribution in [0.2, 0.25) is 0 Å². The number of carbonyl (C=O) groups is 2. The monoisotopic (exact) mass is 431 g/mol. The highest BCUT2D eigenvalue weighted by Crippen LogP contribution is 2.44. The molecule has 4 rings (SSSR count). The molecule has 0 saturated heterocycles. The Hall–Kier alpha value is -3.93. The second-order valence-corrected chi connectivity index (χ2v) is 7.53. The van der Waals surface area contributed by atoms with Crippen molar-refractivity contribution in [3.63, 3.8) is 0 Å². The molecular weight excluding hydrogens is 409 g/mol. The highest BCUT2D eigenvalue weighted by atomic mass is 19.1. The van der Waals surface area contributed by atoms with Gasteiger partial charge in [0.05, 0.1) is 6.42 Å². The third-order valence-corrected chi connectivity index (χ3v) is 5.43. The van der Waals surface area contributed by atoms with Crippen LogP contribution in [0.1, 0.15) is 28.2 Å².